The summed E-state index contributed by atoms with van der Waals surface area (Å²) >= 11 is 6.08. The molecular formula is C24H22ClF3N4O4. The topological polar surface area (TPSA) is 112 Å². The first-order valence-corrected chi connectivity index (χ1v) is 11.1. The van der Waals surface area contributed by atoms with E-state index in [1.54, 1.807) is 30.5 Å². The van der Waals surface area contributed by atoms with Crippen LogP contribution in [-0.2, 0) is 9.59 Å². The molecule has 0 bridgehead atoms. The number of nitrogens with one attached hydrogen (secondary N) is 2. The van der Waals surface area contributed by atoms with E-state index in [1.165, 1.54) is 6.92 Å². The molecule has 1 atom stereocenters. The zero-order valence-electron chi connectivity index (χ0n) is 19.0. The Morgan fingerprint density at radius 3 is 2.39 bits per heavy atom. The second-order valence-electron chi connectivity index (χ2n) is 7.96. The number of fused-ring (bicyclic) bond motifs is 1. The van der Waals surface area contributed by atoms with Crippen LogP contribution >= 0.6 is 11.6 Å². The number of benzene rings is 2. The minimum atomic E-state index is -5.08. The van der Waals surface area contributed by atoms with E-state index in [-0.39, 0.29) is 17.9 Å². The number of carbonyl (C=O) groups is 3. The lowest BCUT2D eigenvalue weighted by Crippen LogP contribution is -2.37. The molecule has 2 heterocycles. The molecule has 1 aliphatic heterocycles. The molecule has 36 heavy (non-hydrogen) atoms. The number of aliphatic carboxylic acids is 1. The van der Waals surface area contributed by atoms with Gasteiger partial charge in [-0.2, -0.15) is 13.2 Å². The first-order valence-electron chi connectivity index (χ1n) is 10.7. The Morgan fingerprint density at radius 2 is 1.78 bits per heavy atom. The maximum absolute atomic E-state index is 12.6. The molecule has 3 N–H and O–H groups in total. The standard InChI is InChI=1S/C22H21ClN4O2.C2HF3O2/c1-14(28)25-17-5-2-15(3-6-17)22(29)26-18-9-11-27(13-18)21-8-10-24-20-12-16(23)4-7-19(20)21;3-2(4,5)1(6)7/h2-8,10,12,18H,9,11,13H2,1H3,(H,25,28)(H,26,29);(H,6,7). The highest BCUT2D eigenvalue weighted by Crippen LogP contribution is 2.29. The highest BCUT2D eigenvalue weighted by atomic mass is 35.5. The third-order valence-electron chi connectivity index (χ3n) is 5.26. The number of pyridine rings is 1. The van der Waals surface area contributed by atoms with Gasteiger partial charge in [-0.15, -0.1) is 0 Å². The Kier molecular flexibility index (Phi) is 8.36. The van der Waals surface area contributed by atoms with E-state index in [0.717, 1.165) is 36.1 Å². The summed E-state index contributed by atoms with van der Waals surface area (Å²) in [4.78, 5) is 39.2. The zero-order chi connectivity index (χ0) is 26.5. The molecule has 3 aromatic rings. The number of halogens is 4. The molecule has 2 aromatic carbocycles. The number of carboxylic acids is 1. The van der Waals surface area contributed by atoms with Crippen LogP contribution in [0.5, 0.6) is 0 Å². The molecule has 190 valence electrons. The molecular weight excluding hydrogens is 501 g/mol. The lowest BCUT2D eigenvalue weighted by atomic mass is 10.1. The summed E-state index contributed by atoms with van der Waals surface area (Å²) in [6.07, 6.45) is -2.43. The summed E-state index contributed by atoms with van der Waals surface area (Å²) in [6.45, 7) is 3.04. The predicted octanol–water partition coefficient (Wildman–Crippen LogP) is 4.49. The van der Waals surface area contributed by atoms with Gasteiger partial charge >= 0.3 is 12.1 Å². The van der Waals surface area contributed by atoms with Crippen LogP contribution in [0.25, 0.3) is 10.9 Å². The SMILES string of the molecule is CC(=O)Nc1ccc(C(=O)NC2CCN(c3ccnc4cc(Cl)ccc34)C2)cc1.O=C(O)C(F)(F)F. The number of hydrogen-bond donors (Lipinski definition) is 3. The van der Waals surface area contributed by atoms with Crippen LogP contribution < -0.4 is 15.5 Å². The molecule has 12 heteroatoms. The molecule has 0 aliphatic carbocycles. The second kappa shape index (κ2) is 11.3. The Hall–Kier alpha value is -3.86. The van der Waals surface area contributed by atoms with E-state index < -0.39 is 12.1 Å². The second-order valence-corrected chi connectivity index (χ2v) is 8.39. The number of amides is 2. The molecule has 0 saturated carbocycles. The van der Waals surface area contributed by atoms with E-state index in [9.17, 15) is 22.8 Å². The van der Waals surface area contributed by atoms with E-state index >= 15 is 0 Å². The minimum absolute atomic E-state index is 0.0630. The van der Waals surface area contributed by atoms with Gasteiger partial charge in [0.1, 0.15) is 0 Å². The van der Waals surface area contributed by atoms with Gasteiger partial charge in [0.15, 0.2) is 0 Å². The van der Waals surface area contributed by atoms with Gasteiger partial charge in [-0.1, -0.05) is 11.6 Å². The highest BCUT2D eigenvalue weighted by molar-refractivity contribution is 6.31. The van der Waals surface area contributed by atoms with Gasteiger partial charge in [0.05, 0.1) is 5.52 Å². The number of rotatable bonds is 4. The fourth-order valence-electron chi connectivity index (χ4n) is 3.66. The lowest BCUT2D eigenvalue weighted by molar-refractivity contribution is -0.192. The number of hydrogen-bond acceptors (Lipinski definition) is 5. The molecule has 0 spiro atoms. The van der Waals surface area contributed by atoms with Gasteiger partial charge in [-0.25, -0.2) is 4.79 Å². The first-order chi connectivity index (χ1) is 16.9. The van der Waals surface area contributed by atoms with Crippen molar-refractivity contribution < 1.29 is 32.7 Å². The third-order valence-corrected chi connectivity index (χ3v) is 5.49. The molecule has 1 aliphatic rings. The minimum Gasteiger partial charge on any atom is -0.475 e. The number of nitrogens with zero attached hydrogens (tertiary/aromatic N) is 2. The van der Waals surface area contributed by atoms with Crippen LogP contribution in [-0.4, -0.2) is 53.2 Å². The van der Waals surface area contributed by atoms with Gasteiger partial charge in [0.2, 0.25) is 5.91 Å². The number of carbonyl (C=O) groups excluding carboxylic acids is 2. The molecule has 1 saturated heterocycles. The first kappa shape index (κ1) is 26.7. The van der Waals surface area contributed by atoms with Gasteiger partial charge < -0.3 is 20.6 Å². The van der Waals surface area contributed by atoms with Crippen LogP contribution in [0.2, 0.25) is 5.02 Å². The molecule has 8 nitrogen and oxygen atoms in total. The van der Waals surface area contributed by atoms with Crippen molar-refractivity contribution in [3.63, 3.8) is 0 Å². The Labute approximate surface area is 209 Å². The van der Waals surface area contributed by atoms with Crippen LogP contribution in [0.4, 0.5) is 24.5 Å². The Balaban J connectivity index is 0.000000454. The lowest BCUT2D eigenvalue weighted by Gasteiger charge is -2.21. The van der Waals surface area contributed by atoms with E-state index in [4.69, 9.17) is 21.5 Å². The van der Waals surface area contributed by atoms with Gasteiger partial charge in [0, 0.05) is 59.6 Å². The van der Waals surface area contributed by atoms with Crippen molar-refractivity contribution in [1.29, 1.82) is 0 Å². The van der Waals surface area contributed by atoms with Gasteiger partial charge in [0.25, 0.3) is 5.91 Å². The fraction of sp³-hybridized carbons (Fsp3) is 0.250. The molecule has 4 rings (SSSR count). The summed E-state index contributed by atoms with van der Waals surface area (Å²) in [7, 11) is 0. The van der Waals surface area contributed by atoms with E-state index in [0.29, 0.717) is 16.3 Å². The third kappa shape index (κ3) is 7.08. The molecule has 1 aromatic heterocycles. The average molecular weight is 523 g/mol. The van der Waals surface area contributed by atoms with Crippen molar-refractivity contribution in [3.8, 4) is 0 Å². The quantitative estimate of drug-likeness (QED) is 0.465. The number of aromatic nitrogens is 1. The van der Waals surface area contributed by atoms with E-state index in [1.807, 2.05) is 24.3 Å². The van der Waals surface area contributed by atoms with Gasteiger partial charge in [-0.3, -0.25) is 14.6 Å². The van der Waals surface area contributed by atoms with Crippen molar-refractivity contribution in [2.75, 3.05) is 23.3 Å². The summed E-state index contributed by atoms with van der Waals surface area (Å²) < 4.78 is 31.7. The monoisotopic (exact) mass is 522 g/mol. The zero-order valence-corrected chi connectivity index (χ0v) is 19.7. The number of carboxylic acid groups (broad SMARTS) is 1. The molecule has 0 radical (unpaired) electrons. The van der Waals surface area contributed by atoms with Crippen LogP contribution in [0.15, 0.2) is 54.7 Å². The maximum atomic E-state index is 12.6. The van der Waals surface area contributed by atoms with Crippen LogP contribution in [0.1, 0.15) is 23.7 Å². The smallest absolute Gasteiger partial charge is 0.475 e. The summed E-state index contributed by atoms with van der Waals surface area (Å²) in [5.41, 5.74) is 3.21. The summed E-state index contributed by atoms with van der Waals surface area (Å²) in [5, 5.41) is 14.6. The highest BCUT2D eigenvalue weighted by Gasteiger charge is 2.38. The number of alkyl halides is 3. The van der Waals surface area contributed by atoms with Crippen molar-refractivity contribution in [2.24, 2.45) is 0 Å². The largest absolute Gasteiger partial charge is 0.490 e. The fourth-order valence-corrected chi connectivity index (χ4v) is 3.82. The van der Waals surface area contributed by atoms with Crippen molar-refractivity contribution >= 4 is 51.7 Å². The molecule has 1 fully saturated rings. The Morgan fingerprint density at radius 1 is 1.11 bits per heavy atom. The summed E-state index contributed by atoms with van der Waals surface area (Å²) in [5.74, 6) is -3.01. The van der Waals surface area contributed by atoms with Gasteiger partial charge in [-0.05, 0) is 55.0 Å². The average Bonchev–Trinajstić information content (AvgIpc) is 3.26. The van der Waals surface area contributed by atoms with Crippen molar-refractivity contribution in [1.82, 2.24) is 10.3 Å². The normalized spacial score (nSPS) is 15.1. The molecule has 1 unspecified atom stereocenters. The predicted molar refractivity (Wildman–Crippen MR) is 129 cm³/mol. The Bertz CT molecular complexity index is 1270. The van der Waals surface area contributed by atoms with Crippen LogP contribution in [0, 0.1) is 0 Å². The summed E-state index contributed by atoms with van der Waals surface area (Å²) in [6, 6.07) is 14.7. The molecule has 2 amide bonds. The number of anilines is 2. The van der Waals surface area contributed by atoms with Crippen molar-refractivity contribution in [2.45, 2.75) is 25.6 Å². The maximum Gasteiger partial charge on any atom is 0.490 e. The van der Waals surface area contributed by atoms with Crippen LogP contribution in [0.3, 0.4) is 0 Å². The van der Waals surface area contributed by atoms with E-state index in [2.05, 4.69) is 20.5 Å². The van der Waals surface area contributed by atoms with Crippen molar-refractivity contribution in [3.05, 3.63) is 65.3 Å².